The number of fused-ring (bicyclic) bond motifs is 2. The molecule has 1 fully saturated rings. The van der Waals surface area contributed by atoms with Crippen LogP contribution in [-0.2, 0) is 0 Å². The highest BCUT2D eigenvalue weighted by molar-refractivity contribution is 5.95. The lowest BCUT2D eigenvalue weighted by molar-refractivity contribution is 0.514. The van der Waals surface area contributed by atoms with E-state index in [0.29, 0.717) is 22.8 Å². The molecular weight excluding hydrogens is 442 g/mol. The molecule has 1 aliphatic rings. The van der Waals surface area contributed by atoms with Crippen LogP contribution in [0.15, 0.2) is 61.4 Å². The fourth-order valence-corrected chi connectivity index (χ4v) is 4.35. The number of H-pyrrole nitrogens is 2. The van der Waals surface area contributed by atoms with Crippen LogP contribution >= 0.6 is 0 Å². The van der Waals surface area contributed by atoms with E-state index < -0.39 is 0 Å². The van der Waals surface area contributed by atoms with Crippen LogP contribution in [0.2, 0.25) is 0 Å². The second-order valence-corrected chi connectivity index (χ2v) is 8.50. The molecule has 170 valence electrons. The maximum Gasteiger partial charge on any atom is 0.161 e. The topological polar surface area (TPSA) is 151 Å². The van der Waals surface area contributed by atoms with Gasteiger partial charge in [-0.15, -0.1) is 0 Å². The highest BCUT2D eigenvalue weighted by Crippen LogP contribution is 2.31. The number of pyridine rings is 3. The van der Waals surface area contributed by atoms with E-state index in [1.807, 2.05) is 30.5 Å². The van der Waals surface area contributed by atoms with E-state index in [9.17, 15) is 0 Å². The fourth-order valence-electron chi connectivity index (χ4n) is 4.35. The van der Waals surface area contributed by atoms with Crippen LogP contribution in [0.3, 0.4) is 0 Å². The number of rotatable bonds is 4. The third-order valence-electron chi connectivity index (χ3n) is 6.15. The number of aromatic nitrogens is 9. The Morgan fingerprint density at radius 1 is 0.914 bits per heavy atom. The van der Waals surface area contributed by atoms with Gasteiger partial charge in [0.15, 0.2) is 17.1 Å². The van der Waals surface area contributed by atoms with Crippen LogP contribution in [-0.4, -0.2) is 64.2 Å². The van der Waals surface area contributed by atoms with Crippen LogP contribution in [0.25, 0.3) is 56.1 Å². The van der Waals surface area contributed by atoms with Gasteiger partial charge in [-0.2, -0.15) is 5.10 Å². The summed E-state index contributed by atoms with van der Waals surface area (Å²) < 4.78 is 0. The van der Waals surface area contributed by atoms with Crippen molar-refractivity contribution in [2.75, 3.05) is 18.0 Å². The second-order valence-electron chi connectivity index (χ2n) is 8.50. The van der Waals surface area contributed by atoms with E-state index in [4.69, 9.17) is 15.7 Å². The number of hydrogen-bond donors (Lipinski definition) is 3. The van der Waals surface area contributed by atoms with Crippen molar-refractivity contribution in [3.63, 3.8) is 0 Å². The molecule has 6 aromatic heterocycles. The van der Waals surface area contributed by atoms with Crippen molar-refractivity contribution < 1.29 is 0 Å². The minimum atomic E-state index is 0.184. The van der Waals surface area contributed by atoms with Crippen molar-refractivity contribution in [2.45, 2.75) is 6.04 Å². The standard InChI is InChI=1S/C24H19N11/c25-15-11-35(12-15)19-10-27-9-18(30-19)14-6-17-21(33-34-22(17)29-8-14)24-31-20-16(3-5-28-23(20)32-24)13-2-1-4-26-7-13/h1-10,15H,11-12,25H2,(H,28,31,32)(H,29,33,34). The first-order chi connectivity index (χ1) is 17.2. The van der Waals surface area contributed by atoms with Crippen molar-refractivity contribution in [1.82, 2.24) is 45.1 Å². The van der Waals surface area contributed by atoms with Crippen molar-refractivity contribution in [1.29, 1.82) is 0 Å². The van der Waals surface area contributed by atoms with Gasteiger partial charge >= 0.3 is 0 Å². The molecule has 7 heterocycles. The number of nitrogens with one attached hydrogen (secondary N) is 2. The molecule has 4 N–H and O–H groups in total. The molecular formula is C24H19N11. The summed E-state index contributed by atoms with van der Waals surface area (Å²) in [5, 5.41) is 8.32. The largest absolute Gasteiger partial charge is 0.352 e. The molecule has 11 heteroatoms. The average Bonchev–Trinajstić information content (AvgIpc) is 3.51. The van der Waals surface area contributed by atoms with E-state index in [2.05, 4.69) is 40.0 Å². The molecule has 0 saturated carbocycles. The Balaban J connectivity index is 1.31. The molecule has 11 nitrogen and oxygen atoms in total. The second kappa shape index (κ2) is 7.64. The van der Waals surface area contributed by atoms with E-state index in [1.165, 1.54) is 0 Å². The van der Waals surface area contributed by atoms with Crippen molar-refractivity contribution >= 4 is 28.0 Å². The lowest BCUT2D eigenvalue weighted by Crippen LogP contribution is -2.56. The molecule has 1 aliphatic heterocycles. The van der Waals surface area contributed by atoms with E-state index in [-0.39, 0.29) is 6.04 Å². The van der Waals surface area contributed by atoms with Gasteiger partial charge < -0.3 is 15.6 Å². The summed E-state index contributed by atoms with van der Waals surface area (Å²) in [7, 11) is 0. The van der Waals surface area contributed by atoms with Gasteiger partial charge in [-0.1, -0.05) is 6.07 Å². The molecule has 0 unspecified atom stereocenters. The Labute approximate surface area is 198 Å². The zero-order valence-electron chi connectivity index (χ0n) is 18.4. The zero-order valence-corrected chi connectivity index (χ0v) is 18.4. The Bertz CT molecular complexity index is 1680. The first-order valence-electron chi connectivity index (χ1n) is 11.2. The summed E-state index contributed by atoms with van der Waals surface area (Å²) in [6.07, 6.45) is 10.6. The molecule has 6 aromatic rings. The van der Waals surface area contributed by atoms with Gasteiger partial charge in [-0.25, -0.2) is 19.9 Å². The summed E-state index contributed by atoms with van der Waals surface area (Å²) in [5.74, 6) is 1.41. The SMILES string of the molecule is NC1CN(c2cncc(-c3cnc4[nH]nc(-c5nc6c(-c7cccnc7)ccnc6[nH]5)c4c3)n2)C1. The van der Waals surface area contributed by atoms with Gasteiger partial charge in [-0.3, -0.25) is 15.1 Å². The maximum atomic E-state index is 5.92. The van der Waals surface area contributed by atoms with Crippen LogP contribution in [0.4, 0.5) is 5.82 Å². The molecule has 1 saturated heterocycles. The summed E-state index contributed by atoms with van der Waals surface area (Å²) in [6, 6.07) is 8.02. The first kappa shape index (κ1) is 19.7. The normalized spacial score (nSPS) is 14.0. The summed E-state index contributed by atoms with van der Waals surface area (Å²) in [4.78, 5) is 32.7. The van der Waals surface area contributed by atoms with Gasteiger partial charge in [-0.05, 0) is 18.2 Å². The molecule has 0 radical (unpaired) electrons. The number of imidazole rings is 1. The summed E-state index contributed by atoms with van der Waals surface area (Å²) in [6.45, 7) is 1.56. The maximum absolute atomic E-state index is 5.92. The monoisotopic (exact) mass is 461 g/mol. The molecule has 0 aromatic carbocycles. The summed E-state index contributed by atoms with van der Waals surface area (Å²) in [5.41, 5.74) is 12.1. The Morgan fingerprint density at radius 3 is 2.71 bits per heavy atom. The zero-order chi connectivity index (χ0) is 23.4. The average molecular weight is 461 g/mol. The molecule has 35 heavy (non-hydrogen) atoms. The number of anilines is 1. The predicted octanol–water partition coefficient (Wildman–Crippen LogP) is 2.56. The molecule has 0 amide bonds. The highest BCUT2D eigenvalue weighted by atomic mass is 15.3. The van der Waals surface area contributed by atoms with Gasteiger partial charge in [0.25, 0.3) is 0 Å². The molecule has 0 spiro atoms. The number of hydrogen-bond acceptors (Lipinski definition) is 9. The lowest BCUT2D eigenvalue weighted by atomic mass is 10.1. The van der Waals surface area contributed by atoms with Crippen LogP contribution in [0, 0.1) is 0 Å². The minimum absolute atomic E-state index is 0.184. The number of nitrogens with zero attached hydrogens (tertiary/aromatic N) is 8. The van der Waals surface area contributed by atoms with E-state index in [1.54, 1.807) is 31.0 Å². The minimum Gasteiger partial charge on any atom is -0.352 e. The van der Waals surface area contributed by atoms with E-state index >= 15 is 0 Å². The van der Waals surface area contributed by atoms with Crippen LogP contribution in [0.5, 0.6) is 0 Å². The highest BCUT2D eigenvalue weighted by Gasteiger charge is 2.25. The van der Waals surface area contributed by atoms with Crippen molar-refractivity contribution in [3.05, 3.63) is 61.4 Å². The fraction of sp³-hybridized carbons (Fsp3) is 0.125. The number of aromatic amines is 2. The predicted molar refractivity (Wildman–Crippen MR) is 131 cm³/mol. The first-order valence-corrected chi connectivity index (χ1v) is 11.2. The molecule has 0 aliphatic carbocycles. The van der Waals surface area contributed by atoms with Gasteiger partial charge in [0.05, 0.1) is 23.5 Å². The number of nitrogens with two attached hydrogens (primary N) is 1. The Kier molecular flexibility index (Phi) is 4.29. The Morgan fingerprint density at radius 2 is 1.86 bits per heavy atom. The Hall–Kier alpha value is -4.77. The smallest absolute Gasteiger partial charge is 0.161 e. The van der Waals surface area contributed by atoms with Gasteiger partial charge in [0.1, 0.15) is 17.0 Å². The van der Waals surface area contributed by atoms with Crippen molar-refractivity contribution in [2.24, 2.45) is 5.73 Å². The molecule has 0 bridgehead atoms. The van der Waals surface area contributed by atoms with E-state index in [0.717, 1.165) is 52.2 Å². The van der Waals surface area contributed by atoms with Crippen LogP contribution < -0.4 is 10.6 Å². The van der Waals surface area contributed by atoms with Crippen molar-refractivity contribution in [3.8, 4) is 33.9 Å². The third-order valence-corrected chi connectivity index (χ3v) is 6.15. The quantitative estimate of drug-likeness (QED) is 0.360. The third kappa shape index (κ3) is 3.28. The van der Waals surface area contributed by atoms with Gasteiger partial charge in [0.2, 0.25) is 0 Å². The lowest BCUT2D eigenvalue weighted by Gasteiger charge is -2.37. The molecule has 0 atom stereocenters. The van der Waals surface area contributed by atoms with Crippen LogP contribution in [0.1, 0.15) is 0 Å². The van der Waals surface area contributed by atoms with Gasteiger partial charge in [0, 0.05) is 60.6 Å². The molecule has 7 rings (SSSR count). The summed E-state index contributed by atoms with van der Waals surface area (Å²) >= 11 is 0.